The molecular weight excluding hydrogens is 383 g/mol. The molecule has 1 aromatic carbocycles. The lowest BCUT2D eigenvalue weighted by Gasteiger charge is -2.12. The second-order valence-electron chi connectivity index (χ2n) is 5.06. The Kier molecular flexibility index (Phi) is 5.23. The number of pyridine rings is 2. The maximum absolute atomic E-state index is 11.0. The number of carbonyl (C=O) groups excluding carboxylic acids is 1. The van der Waals surface area contributed by atoms with E-state index in [-0.39, 0.29) is 10.8 Å². The van der Waals surface area contributed by atoms with Crippen LogP contribution in [0.1, 0.15) is 10.5 Å². The Morgan fingerprint density at radius 3 is 2.44 bits per heavy atom. The SMILES string of the molecule is COc1cc(-c2cccc(-c3ccnc(Cl)c3Cl)c2Cl)cnc1C=O. The zero-order valence-electron chi connectivity index (χ0n) is 13.0. The molecule has 0 aliphatic carbocycles. The minimum atomic E-state index is 0.208. The van der Waals surface area contributed by atoms with E-state index in [2.05, 4.69) is 9.97 Å². The first-order valence-corrected chi connectivity index (χ1v) is 8.28. The zero-order chi connectivity index (χ0) is 18.0. The summed E-state index contributed by atoms with van der Waals surface area (Å²) >= 11 is 18.9. The standard InChI is InChI=1S/C18H11Cl3N2O2/c1-25-15-7-10(8-23-14(15)9-24)11-3-2-4-12(16(11)19)13-5-6-22-18(21)17(13)20/h2-9H,1H3. The third-order valence-corrected chi connectivity index (χ3v) is 4.83. The fourth-order valence-electron chi connectivity index (χ4n) is 2.44. The van der Waals surface area contributed by atoms with Gasteiger partial charge < -0.3 is 4.74 Å². The van der Waals surface area contributed by atoms with Gasteiger partial charge in [0.1, 0.15) is 16.6 Å². The molecule has 25 heavy (non-hydrogen) atoms. The summed E-state index contributed by atoms with van der Waals surface area (Å²) < 4.78 is 5.20. The van der Waals surface area contributed by atoms with Gasteiger partial charge in [0.25, 0.3) is 0 Å². The second kappa shape index (κ2) is 7.40. The highest BCUT2D eigenvalue weighted by molar-refractivity contribution is 6.43. The van der Waals surface area contributed by atoms with Gasteiger partial charge in [-0.2, -0.15) is 0 Å². The van der Waals surface area contributed by atoms with Crippen LogP contribution >= 0.6 is 34.8 Å². The van der Waals surface area contributed by atoms with E-state index in [9.17, 15) is 4.79 Å². The lowest BCUT2D eigenvalue weighted by atomic mass is 10.00. The van der Waals surface area contributed by atoms with Gasteiger partial charge in [0.05, 0.1) is 17.2 Å². The fourth-order valence-corrected chi connectivity index (χ4v) is 3.15. The first-order chi connectivity index (χ1) is 12.1. The van der Waals surface area contributed by atoms with Crippen molar-refractivity contribution in [3.8, 4) is 28.0 Å². The molecule has 0 N–H and O–H groups in total. The second-order valence-corrected chi connectivity index (χ2v) is 6.17. The molecule has 0 aliphatic heterocycles. The molecule has 2 heterocycles. The topological polar surface area (TPSA) is 52.1 Å². The number of benzene rings is 1. The lowest BCUT2D eigenvalue weighted by Crippen LogP contribution is -1.95. The van der Waals surface area contributed by atoms with Crippen LogP contribution in [0.5, 0.6) is 5.75 Å². The van der Waals surface area contributed by atoms with Crippen molar-refractivity contribution < 1.29 is 9.53 Å². The molecule has 0 unspecified atom stereocenters. The van der Waals surface area contributed by atoms with Gasteiger partial charge in [0.15, 0.2) is 6.29 Å². The maximum Gasteiger partial charge on any atom is 0.172 e. The molecule has 0 bridgehead atoms. The van der Waals surface area contributed by atoms with Crippen LogP contribution in [0, 0.1) is 0 Å². The number of halogens is 3. The molecule has 0 amide bonds. The van der Waals surface area contributed by atoms with Crippen LogP contribution in [0.15, 0.2) is 42.7 Å². The molecule has 0 atom stereocenters. The van der Waals surface area contributed by atoms with Crippen LogP contribution in [-0.2, 0) is 0 Å². The van der Waals surface area contributed by atoms with Gasteiger partial charge in [-0.25, -0.2) is 9.97 Å². The van der Waals surface area contributed by atoms with Crippen LogP contribution in [0.3, 0.4) is 0 Å². The Bertz CT molecular complexity index is 961. The Hall–Kier alpha value is -2.14. The predicted octanol–water partition coefficient (Wildman–Crippen LogP) is 5.59. The molecule has 126 valence electrons. The third-order valence-electron chi connectivity index (χ3n) is 3.66. The third kappa shape index (κ3) is 3.33. The molecule has 3 rings (SSSR count). The summed E-state index contributed by atoms with van der Waals surface area (Å²) in [4.78, 5) is 19.1. The number of methoxy groups -OCH3 is 1. The van der Waals surface area contributed by atoms with Crippen molar-refractivity contribution in [2.75, 3.05) is 7.11 Å². The van der Waals surface area contributed by atoms with Crippen LogP contribution in [0.25, 0.3) is 22.3 Å². The summed E-state index contributed by atoms with van der Waals surface area (Å²) in [7, 11) is 1.48. The first-order valence-electron chi connectivity index (χ1n) is 7.15. The van der Waals surface area contributed by atoms with Crippen LogP contribution in [-0.4, -0.2) is 23.4 Å². The molecule has 0 aliphatic rings. The van der Waals surface area contributed by atoms with Gasteiger partial charge in [-0.15, -0.1) is 0 Å². The number of nitrogens with zero attached hydrogens (tertiary/aromatic N) is 2. The highest BCUT2D eigenvalue weighted by Gasteiger charge is 2.15. The monoisotopic (exact) mass is 392 g/mol. The van der Waals surface area contributed by atoms with Gasteiger partial charge >= 0.3 is 0 Å². The fraction of sp³-hybridized carbons (Fsp3) is 0.0556. The van der Waals surface area contributed by atoms with Gasteiger partial charge in [0, 0.05) is 34.6 Å². The molecule has 0 saturated carbocycles. The first kappa shape index (κ1) is 17.7. The summed E-state index contributed by atoms with van der Waals surface area (Å²) in [5.41, 5.74) is 3.06. The van der Waals surface area contributed by atoms with E-state index in [1.165, 1.54) is 7.11 Å². The van der Waals surface area contributed by atoms with E-state index < -0.39 is 0 Å². The van der Waals surface area contributed by atoms with Crippen LogP contribution in [0.4, 0.5) is 0 Å². The highest BCUT2D eigenvalue weighted by atomic mass is 35.5. The Labute approximate surface area is 159 Å². The molecule has 0 spiro atoms. The maximum atomic E-state index is 11.0. The average Bonchev–Trinajstić information content (AvgIpc) is 2.64. The van der Waals surface area contributed by atoms with Gasteiger partial charge in [-0.1, -0.05) is 53.0 Å². The number of hydrogen-bond acceptors (Lipinski definition) is 4. The van der Waals surface area contributed by atoms with E-state index in [0.29, 0.717) is 38.8 Å². The van der Waals surface area contributed by atoms with Gasteiger partial charge in [0.2, 0.25) is 0 Å². The van der Waals surface area contributed by atoms with Gasteiger partial charge in [-0.05, 0) is 12.1 Å². The number of hydrogen-bond donors (Lipinski definition) is 0. The van der Waals surface area contributed by atoms with Crippen molar-refractivity contribution in [1.29, 1.82) is 0 Å². The average molecular weight is 394 g/mol. The molecular formula is C18H11Cl3N2O2. The minimum Gasteiger partial charge on any atom is -0.494 e. The van der Waals surface area contributed by atoms with Crippen molar-refractivity contribution in [3.63, 3.8) is 0 Å². The largest absolute Gasteiger partial charge is 0.494 e. The lowest BCUT2D eigenvalue weighted by molar-refractivity contribution is 0.111. The minimum absolute atomic E-state index is 0.208. The van der Waals surface area contributed by atoms with Crippen molar-refractivity contribution in [1.82, 2.24) is 9.97 Å². The summed E-state index contributed by atoms with van der Waals surface area (Å²) in [5, 5.41) is 1.02. The predicted molar refractivity (Wildman–Crippen MR) is 99.9 cm³/mol. The summed E-state index contributed by atoms with van der Waals surface area (Å²) in [5.74, 6) is 0.374. The number of aromatic nitrogens is 2. The van der Waals surface area contributed by atoms with E-state index in [4.69, 9.17) is 39.5 Å². The highest BCUT2D eigenvalue weighted by Crippen LogP contribution is 2.40. The number of carbonyl (C=O) groups is 1. The Balaban J connectivity index is 2.17. The molecule has 0 fully saturated rings. The summed E-state index contributed by atoms with van der Waals surface area (Å²) in [6.45, 7) is 0. The van der Waals surface area contributed by atoms with E-state index in [0.717, 1.165) is 5.56 Å². The molecule has 2 aromatic heterocycles. The van der Waals surface area contributed by atoms with Crippen molar-refractivity contribution in [2.24, 2.45) is 0 Å². The zero-order valence-corrected chi connectivity index (χ0v) is 15.2. The van der Waals surface area contributed by atoms with Crippen molar-refractivity contribution >= 4 is 41.1 Å². The number of ether oxygens (including phenoxy) is 1. The van der Waals surface area contributed by atoms with Gasteiger partial charge in [-0.3, -0.25) is 4.79 Å². The van der Waals surface area contributed by atoms with Crippen molar-refractivity contribution in [2.45, 2.75) is 0 Å². The summed E-state index contributed by atoms with van der Waals surface area (Å²) in [6.07, 6.45) is 3.77. The Morgan fingerprint density at radius 1 is 1.00 bits per heavy atom. The number of aldehydes is 1. The normalized spacial score (nSPS) is 10.6. The summed E-state index contributed by atoms with van der Waals surface area (Å²) in [6, 6.07) is 8.99. The van der Waals surface area contributed by atoms with Crippen LogP contribution in [0.2, 0.25) is 15.2 Å². The van der Waals surface area contributed by atoms with Crippen molar-refractivity contribution in [3.05, 3.63) is 63.6 Å². The van der Waals surface area contributed by atoms with Crippen LogP contribution < -0.4 is 4.74 Å². The van der Waals surface area contributed by atoms with E-state index in [1.54, 1.807) is 24.5 Å². The quantitative estimate of drug-likeness (QED) is 0.428. The molecule has 4 nitrogen and oxygen atoms in total. The van der Waals surface area contributed by atoms with E-state index >= 15 is 0 Å². The molecule has 0 radical (unpaired) electrons. The molecule has 7 heteroatoms. The number of rotatable bonds is 4. The van der Waals surface area contributed by atoms with E-state index in [1.807, 2.05) is 18.2 Å². The Morgan fingerprint density at radius 2 is 1.72 bits per heavy atom. The smallest absolute Gasteiger partial charge is 0.172 e. The molecule has 0 saturated heterocycles. The molecule has 3 aromatic rings.